The van der Waals surface area contributed by atoms with Crippen molar-refractivity contribution in [3.63, 3.8) is 0 Å². The molecule has 6 aliphatic rings. The van der Waals surface area contributed by atoms with Crippen LogP contribution in [-0.2, 0) is 19.1 Å². The van der Waals surface area contributed by atoms with E-state index in [4.69, 9.17) is 9.47 Å². The van der Waals surface area contributed by atoms with E-state index in [1.54, 1.807) is 13.8 Å². The maximum atomic E-state index is 14.5. The minimum atomic E-state index is -1.73. The van der Waals surface area contributed by atoms with Crippen LogP contribution in [0.25, 0.3) is 0 Å². The normalized spacial score (nSPS) is 57.4. The fraction of sp³-hybridized carbons (Fsp3) is 0.889. The molecule has 1 aliphatic heterocycles. The molecule has 47 heavy (non-hydrogen) atoms. The minimum Gasteiger partial charge on any atom is -0.432 e. The van der Waals surface area contributed by atoms with E-state index in [9.17, 15) is 45.3 Å². The monoisotopic (exact) mass is 664 g/mol. The van der Waals surface area contributed by atoms with Gasteiger partial charge in [0.2, 0.25) is 6.29 Å². The molecule has 0 aromatic heterocycles. The van der Waals surface area contributed by atoms with Gasteiger partial charge in [-0.1, -0.05) is 46.3 Å². The summed E-state index contributed by atoms with van der Waals surface area (Å²) in [5, 5.41) is 75.5. The molecule has 5 fully saturated rings. The van der Waals surface area contributed by atoms with Crippen LogP contribution in [0.15, 0.2) is 11.6 Å². The topological polar surface area (TPSA) is 194 Å². The highest BCUT2D eigenvalue weighted by molar-refractivity contribution is 5.79. The Balaban J connectivity index is 1.40. The van der Waals surface area contributed by atoms with Crippen LogP contribution in [0.5, 0.6) is 0 Å². The van der Waals surface area contributed by atoms with Gasteiger partial charge in [-0.25, -0.2) is 0 Å². The number of hydrogen-bond acceptors (Lipinski definition) is 11. The number of rotatable bonds is 4. The summed E-state index contributed by atoms with van der Waals surface area (Å²) in [6.07, 6.45) is -2.41. The number of aldehydes is 1. The third-order valence-electron chi connectivity index (χ3n) is 15.5. The van der Waals surface area contributed by atoms with Gasteiger partial charge in [0.05, 0.1) is 35.2 Å². The van der Waals surface area contributed by atoms with E-state index >= 15 is 0 Å². The maximum Gasteiger partial charge on any atom is 0.315 e. The molecule has 266 valence electrons. The summed E-state index contributed by atoms with van der Waals surface area (Å²) in [6, 6.07) is 0. The van der Waals surface area contributed by atoms with Crippen LogP contribution in [-0.4, -0.2) is 103 Å². The van der Waals surface area contributed by atoms with Crippen LogP contribution in [0.1, 0.15) is 92.9 Å². The Labute approximate surface area is 277 Å². The molecule has 0 aromatic carbocycles. The van der Waals surface area contributed by atoms with Gasteiger partial charge in [0.25, 0.3) is 0 Å². The second-order valence-electron chi connectivity index (χ2n) is 17.4. The number of carbonyl (C=O) groups excluding carboxylic acids is 2. The number of hydrogen-bond donors (Lipinski definition) is 7. The SMILES string of the molecule is C[C@@H]1CC[C@]2(C(=O)O[C@@H]3O[C@H](CO)[C@@H](O)[C@H](O)[C@H]3O)CC[C@]3(C)C(=CC[C@@H]4[C@]5(C)C[C@@H](O)[C@H](O)[C@](C)(C=O)[C@@H]5CC[C@]43C)[C@@H]2[C@]1(C)O. The molecule has 0 aromatic rings. The molecular weight excluding hydrogens is 608 g/mol. The second kappa shape index (κ2) is 11.3. The molecule has 17 atom stereocenters. The Morgan fingerprint density at radius 1 is 0.957 bits per heavy atom. The molecule has 5 aliphatic carbocycles. The summed E-state index contributed by atoms with van der Waals surface area (Å²) < 4.78 is 11.4. The number of ether oxygens (including phenoxy) is 2. The Bertz CT molecular complexity index is 1300. The largest absolute Gasteiger partial charge is 0.432 e. The lowest BCUT2D eigenvalue weighted by atomic mass is 9.33. The van der Waals surface area contributed by atoms with E-state index in [-0.39, 0.29) is 23.2 Å². The first-order chi connectivity index (χ1) is 21.8. The van der Waals surface area contributed by atoms with Crippen LogP contribution < -0.4 is 0 Å². The van der Waals surface area contributed by atoms with Crippen molar-refractivity contribution in [2.75, 3.05) is 6.61 Å². The Hall–Kier alpha value is -1.44. The molecule has 0 unspecified atom stereocenters. The molecule has 0 bridgehead atoms. The first-order valence-corrected chi connectivity index (χ1v) is 17.6. The summed E-state index contributed by atoms with van der Waals surface area (Å²) in [7, 11) is 0. The molecule has 6 rings (SSSR count). The zero-order chi connectivity index (χ0) is 34.7. The van der Waals surface area contributed by atoms with Crippen molar-refractivity contribution < 1.29 is 54.8 Å². The molecule has 0 spiro atoms. The van der Waals surface area contributed by atoms with Gasteiger partial charge < -0.3 is 50.0 Å². The van der Waals surface area contributed by atoms with Gasteiger partial charge in [0.1, 0.15) is 30.7 Å². The summed E-state index contributed by atoms with van der Waals surface area (Å²) in [5.74, 6) is -1.43. The van der Waals surface area contributed by atoms with E-state index < -0.39 is 88.7 Å². The number of aliphatic hydroxyl groups excluding tert-OH is 6. The minimum absolute atomic E-state index is 0.0726. The molecule has 0 radical (unpaired) electrons. The van der Waals surface area contributed by atoms with E-state index in [0.717, 1.165) is 18.3 Å². The third-order valence-corrected chi connectivity index (χ3v) is 15.5. The number of carbonyl (C=O) groups is 2. The molecule has 4 saturated carbocycles. The van der Waals surface area contributed by atoms with Gasteiger partial charge in [-0.3, -0.25) is 4.79 Å². The third kappa shape index (κ3) is 4.52. The highest BCUT2D eigenvalue weighted by Gasteiger charge is 2.72. The van der Waals surface area contributed by atoms with Crippen LogP contribution in [0, 0.1) is 50.7 Å². The Kier molecular flexibility index (Phi) is 8.50. The smallest absolute Gasteiger partial charge is 0.315 e. The Morgan fingerprint density at radius 3 is 2.28 bits per heavy atom. The number of esters is 1. The number of aliphatic hydroxyl groups is 7. The standard InChI is InChI=1S/C36H56O11/c1-18-9-12-36(30(44)47-29-26(42)25(41)24(40)21(16-37)46-29)14-13-33(4)19(27(36)35(18,6)45)7-8-23-31(2)15-20(39)28(43)32(3,17-38)22(31)10-11-34(23,33)5/h7,17-18,20-29,37,39-43,45H,8-16H2,1-6H3/t18-,20-,21-,22-,23-,24-,25+,26-,27-,28+,29+,31-,32-,33-,34-,35-,36+/m1/s1. The van der Waals surface area contributed by atoms with Gasteiger partial charge in [-0.05, 0) is 92.3 Å². The lowest BCUT2D eigenvalue weighted by Crippen LogP contribution is -2.69. The molecule has 1 saturated heterocycles. The molecule has 0 amide bonds. The highest BCUT2D eigenvalue weighted by Crippen LogP contribution is 2.76. The summed E-state index contributed by atoms with van der Waals surface area (Å²) in [6.45, 7) is 11.6. The van der Waals surface area contributed by atoms with E-state index in [2.05, 4.69) is 26.8 Å². The van der Waals surface area contributed by atoms with Crippen LogP contribution in [0.3, 0.4) is 0 Å². The van der Waals surface area contributed by atoms with Gasteiger partial charge in [-0.15, -0.1) is 0 Å². The second-order valence-corrected chi connectivity index (χ2v) is 17.4. The first kappa shape index (κ1) is 35.4. The summed E-state index contributed by atoms with van der Waals surface area (Å²) in [5.41, 5.74) is -3.68. The molecule has 7 N–H and O–H groups in total. The van der Waals surface area contributed by atoms with Crippen molar-refractivity contribution in [2.24, 2.45) is 50.7 Å². The van der Waals surface area contributed by atoms with E-state index in [1.807, 2.05) is 6.92 Å². The lowest BCUT2D eigenvalue weighted by Gasteiger charge is -2.71. The predicted molar refractivity (Wildman–Crippen MR) is 168 cm³/mol. The van der Waals surface area contributed by atoms with E-state index in [1.165, 1.54) is 0 Å². The Morgan fingerprint density at radius 2 is 1.64 bits per heavy atom. The van der Waals surface area contributed by atoms with Gasteiger partial charge in [0.15, 0.2) is 0 Å². The van der Waals surface area contributed by atoms with Gasteiger partial charge in [0, 0.05) is 5.92 Å². The average molecular weight is 665 g/mol. The molecule has 1 heterocycles. The van der Waals surface area contributed by atoms with Crippen molar-refractivity contribution >= 4 is 12.3 Å². The summed E-state index contributed by atoms with van der Waals surface area (Å²) in [4.78, 5) is 27.0. The fourth-order valence-electron chi connectivity index (χ4n) is 12.2. The van der Waals surface area contributed by atoms with Crippen molar-refractivity contribution in [3.05, 3.63) is 11.6 Å². The van der Waals surface area contributed by atoms with Crippen LogP contribution in [0.4, 0.5) is 0 Å². The van der Waals surface area contributed by atoms with Gasteiger partial charge in [-0.2, -0.15) is 0 Å². The van der Waals surface area contributed by atoms with Crippen molar-refractivity contribution in [3.8, 4) is 0 Å². The fourth-order valence-corrected chi connectivity index (χ4v) is 12.2. The first-order valence-electron chi connectivity index (χ1n) is 17.6. The van der Waals surface area contributed by atoms with Gasteiger partial charge >= 0.3 is 5.97 Å². The quantitative estimate of drug-likeness (QED) is 0.131. The highest BCUT2D eigenvalue weighted by atomic mass is 16.7. The average Bonchev–Trinajstić information content (AvgIpc) is 3.02. The van der Waals surface area contributed by atoms with Crippen LogP contribution >= 0.6 is 0 Å². The van der Waals surface area contributed by atoms with Crippen molar-refractivity contribution in [1.29, 1.82) is 0 Å². The number of allylic oxidation sites excluding steroid dienone is 1. The van der Waals surface area contributed by atoms with Crippen LogP contribution in [0.2, 0.25) is 0 Å². The van der Waals surface area contributed by atoms with Crippen molar-refractivity contribution in [1.82, 2.24) is 0 Å². The van der Waals surface area contributed by atoms with Crippen molar-refractivity contribution in [2.45, 2.75) is 141 Å². The summed E-state index contributed by atoms with van der Waals surface area (Å²) >= 11 is 0. The molecule has 11 nitrogen and oxygen atoms in total. The lowest BCUT2D eigenvalue weighted by molar-refractivity contribution is -0.299. The number of fused-ring (bicyclic) bond motifs is 7. The molecular formula is C36H56O11. The predicted octanol–water partition coefficient (Wildman–Crippen LogP) is 1.61. The van der Waals surface area contributed by atoms with E-state index in [0.29, 0.717) is 44.9 Å². The molecule has 11 heteroatoms. The zero-order valence-corrected chi connectivity index (χ0v) is 28.6. The maximum absolute atomic E-state index is 14.5. The zero-order valence-electron chi connectivity index (χ0n) is 28.6.